The molecule has 0 aliphatic carbocycles. The summed E-state index contributed by atoms with van der Waals surface area (Å²) in [5.74, 6) is -4.68. The first-order valence-electron chi connectivity index (χ1n) is 12.8. The summed E-state index contributed by atoms with van der Waals surface area (Å²) in [5, 5.41) is 16.8. The van der Waals surface area contributed by atoms with Crippen molar-refractivity contribution in [3.05, 3.63) is 41.6 Å². The lowest BCUT2D eigenvalue weighted by atomic mass is 10.1. The fourth-order valence-corrected chi connectivity index (χ4v) is 3.98. The Morgan fingerprint density at radius 2 is 1.70 bits per heavy atom. The Bertz CT molecular complexity index is 1250. The molecule has 1 aliphatic rings. The lowest BCUT2D eigenvalue weighted by molar-refractivity contribution is -0.155. The van der Waals surface area contributed by atoms with Crippen molar-refractivity contribution in [2.45, 2.75) is 52.2 Å². The van der Waals surface area contributed by atoms with Crippen LogP contribution in [0.2, 0.25) is 0 Å². The molecule has 2 N–H and O–H groups in total. The van der Waals surface area contributed by atoms with Gasteiger partial charge in [-0.05, 0) is 46.2 Å². The van der Waals surface area contributed by atoms with Crippen LogP contribution in [0.25, 0.3) is 5.69 Å². The Labute approximate surface area is 229 Å². The van der Waals surface area contributed by atoms with E-state index < -0.39 is 53.0 Å². The fraction of sp³-hybridized carbons (Fsp3) is 0.500. The Morgan fingerprint density at radius 3 is 2.30 bits per heavy atom. The van der Waals surface area contributed by atoms with E-state index in [0.29, 0.717) is 0 Å². The lowest BCUT2D eigenvalue weighted by Gasteiger charge is -2.36. The minimum absolute atomic E-state index is 0.0347. The second kappa shape index (κ2) is 12.7. The number of carbonyl (C=O) groups excluding carboxylic acids is 4. The maximum Gasteiger partial charge on any atom is 0.409 e. The lowest BCUT2D eigenvalue weighted by Crippen LogP contribution is -2.56. The molecule has 40 heavy (non-hydrogen) atoms. The first kappa shape index (κ1) is 30.3. The number of aromatic nitrogens is 2. The molecule has 12 nitrogen and oxygen atoms in total. The summed E-state index contributed by atoms with van der Waals surface area (Å²) in [6.07, 6.45) is -0.751. The van der Waals surface area contributed by atoms with E-state index in [-0.39, 0.29) is 57.0 Å². The highest BCUT2D eigenvalue weighted by Gasteiger charge is 2.32. The van der Waals surface area contributed by atoms with Crippen LogP contribution in [-0.4, -0.2) is 93.0 Å². The number of aromatic hydroxyl groups is 1. The molecule has 3 amide bonds. The topological polar surface area (TPSA) is 143 Å². The molecule has 3 rings (SSSR count). The molecule has 218 valence electrons. The van der Waals surface area contributed by atoms with Gasteiger partial charge < -0.3 is 29.7 Å². The van der Waals surface area contributed by atoms with Crippen LogP contribution in [0.1, 0.15) is 51.0 Å². The zero-order valence-electron chi connectivity index (χ0n) is 22.8. The number of ether oxygens (including phenoxy) is 2. The minimum atomic E-state index is -1.17. The third-order valence-corrected chi connectivity index (χ3v) is 5.85. The number of nitrogens with zero attached hydrogens (tertiary/aromatic N) is 4. The number of benzene rings is 1. The summed E-state index contributed by atoms with van der Waals surface area (Å²) >= 11 is 0. The number of amides is 3. The highest BCUT2D eigenvalue weighted by molar-refractivity contribution is 5.96. The zero-order valence-corrected chi connectivity index (χ0v) is 22.8. The summed E-state index contributed by atoms with van der Waals surface area (Å²) in [4.78, 5) is 53.7. The van der Waals surface area contributed by atoms with E-state index in [1.54, 1.807) is 27.7 Å². The van der Waals surface area contributed by atoms with Crippen molar-refractivity contribution in [1.82, 2.24) is 24.9 Å². The molecule has 0 spiro atoms. The Balaban J connectivity index is 1.75. The van der Waals surface area contributed by atoms with Gasteiger partial charge >= 0.3 is 12.1 Å². The molecule has 0 radical (unpaired) electrons. The standard InChI is InChI=1S/C26H33F2N5O7/c1-5-39-25(38)32-12-10-31(11-13-32)24(37)19(8-9-22(35)40-26(2,3)4)29-23(36)20-15-21(34)33(30-20)16-6-7-17(27)18(28)14-16/h6-7,14-15,19,34H,5,8-13H2,1-4H3,(H,29,36). The predicted molar refractivity (Wildman–Crippen MR) is 137 cm³/mol. The number of nitrogens with one attached hydrogen (secondary N) is 1. The largest absolute Gasteiger partial charge is 0.493 e. The zero-order chi connectivity index (χ0) is 29.6. The third-order valence-electron chi connectivity index (χ3n) is 5.85. The summed E-state index contributed by atoms with van der Waals surface area (Å²) in [6.45, 7) is 7.84. The molecule has 1 saturated heterocycles. The average molecular weight is 566 g/mol. The van der Waals surface area contributed by atoms with Crippen LogP contribution >= 0.6 is 0 Å². The smallest absolute Gasteiger partial charge is 0.409 e. The molecule has 2 heterocycles. The fourth-order valence-electron chi connectivity index (χ4n) is 3.98. The Kier molecular flexibility index (Phi) is 9.66. The summed E-state index contributed by atoms with van der Waals surface area (Å²) in [5.41, 5.74) is -1.08. The van der Waals surface area contributed by atoms with Crippen LogP contribution in [0.15, 0.2) is 24.3 Å². The number of halogens is 2. The maximum atomic E-state index is 13.7. The van der Waals surface area contributed by atoms with Crippen LogP contribution in [-0.2, 0) is 19.1 Å². The van der Waals surface area contributed by atoms with Gasteiger partial charge in [0, 0.05) is 44.7 Å². The van der Waals surface area contributed by atoms with Crippen LogP contribution in [0.4, 0.5) is 13.6 Å². The van der Waals surface area contributed by atoms with Crippen molar-refractivity contribution in [3.63, 3.8) is 0 Å². The van der Waals surface area contributed by atoms with Gasteiger partial charge in [0.1, 0.15) is 11.6 Å². The number of carbonyl (C=O) groups is 4. The summed E-state index contributed by atoms with van der Waals surface area (Å²) in [7, 11) is 0. The minimum Gasteiger partial charge on any atom is -0.493 e. The molecule has 0 saturated carbocycles. The summed E-state index contributed by atoms with van der Waals surface area (Å²) < 4.78 is 38.1. The van der Waals surface area contributed by atoms with E-state index in [4.69, 9.17) is 9.47 Å². The third kappa shape index (κ3) is 7.90. The van der Waals surface area contributed by atoms with Gasteiger partial charge in [-0.2, -0.15) is 5.10 Å². The monoisotopic (exact) mass is 565 g/mol. The van der Waals surface area contributed by atoms with Crippen molar-refractivity contribution in [3.8, 4) is 11.6 Å². The van der Waals surface area contributed by atoms with Gasteiger partial charge in [-0.15, -0.1) is 0 Å². The first-order valence-corrected chi connectivity index (χ1v) is 12.8. The van der Waals surface area contributed by atoms with Crippen LogP contribution in [0.3, 0.4) is 0 Å². The van der Waals surface area contributed by atoms with Crippen LogP contribution in [0, 0.1) is 11.6 Å². The molecule has 1 aliphatic heterocycles. The highest BCUT2D eigenvalue weighted by Crippen LogP contribution is 2.20. The van der Waals surface area contributed by atoms with Gasteiger partial charge in [0.05, 0.1) is 12.3 Å². The quantitative estimate of drug-likeness (QED) is 0.465. The normalized spacial score (nSPS) is 14.4. The van der Waals surface area contributed by atoms with Crippen molar-refractivity contribution < 1.29 is 42.5 Å². The number of hydrogen-bond donors (Lipinski definition) is 2. The van der Waals surface area contributed by atoms with Gasteiger partial charge in [-0.25, -0.2) is 18.3 Å². The van der Waals surface area contributed by atoms with Crippen LogP contribution < -0.4 is 5.32 Å². The molecule has 14 heteroatoms. The molecule has 1 unspecified atom stereocenters. The van der Waals surface area contributed by atoms with Gasteiger partial charge in [-0.3, -0.25) is 14.4 Å². The van der Waals surface area contributed by atoms with Gasteiger partial charge in [0.25, 0.3) is 5.91 Å². The van der Waals surface area contributed by atoms with Gasteiger partial charge in [-0.1, -0.05) is 0 Å². The van der Waals surface area contributed by atoms with Crippen molar-refractivity contribution in [1.29, 1.82) is 0 Å². The molecular formula is C26H33F2N5O7. The van der Waals surface area contributed by atoms with Crippen molar-refractivity contribution in [2.24, 2.45) is 0 Å². The maximum absolute atomic E-state index is 13.7. The number of piperazine rings is 1. The molecule has 1 fully saturated rings. The van der Waals surface area contributed by atoms with E-state index >= 15 is 0 Å². The molecule has 1 atom stereocenters. The van der Waals surface area contributed by atoms with Crippen molar-refractivity contribution >= 4 is 23.9 Å². The summed E-state index contributed by atoms with van der Waals surface area (Å²) in [6, 6.07) is 2.65. The highest BCUT2D eigenvalue weighted by atomic mass is 19.2. The molecule has 0 bridgehead atoms. The number of esters is 1. The average Bonchev–Trinajstić information content (AvgIpc) is 3.28. The van der Waals surface area contributed by atoms with Crippen molar-refractivity contribution in [2.75, 3.05) is 32.8 Å². The van der Waals surface area contributed by atoms with E-state index in [9.17, 15) is 33.1 Å². The molecule has 1 aromatic heterocycles. The molecule has 2 aromatic rings. The van der Waals surface area contributed by atoms with Gasteiger partial charge in [0.15, 0.2) is 17.3 Å². The SMILES string of the molecule is CCOC(=O)N1CCN(C(=O)C(CCC(=O)OC(C)(C)C)NC(=O)c2cc(O)n(-c3ccc(F)c(F)c3)n2)CC1. The van der Waals surface area contributed by atoms with Gasteiger partial charge in [0.2, 0.25) is 11.8 Å². The number of hydrogen-bond acceptors (Lipinski definition) is 8. The molecule has 1 aromatic carbocycles. The van der Waals surface area contributed by atoms with E-state index in [2.05, 4.69) is 10.4 Å². The predicted octanol–water partition coefficient (Wildman–Crippen LogP) is 2.38. The first-order chi connectivity index (χ1) is 18.8. The van der Waals surface area contributed by atoms with E-state index in [0.717, 1.165) is 28.9 Å². The Morgan fingerprint density at radius 1 is 1.05 bits per heavy atom. The molecular weight excluding hydrogens is 532 g/mol. The Hall–Kier alpha value is -4.23. The van der Waals surface area contributed by atoms with Crippen LogP contribution in [0.5, 0.6) is 5.88 Å². The van der Waals surface area contributed by atoms with E-state index in [1.807, 2.05) is 0 Å². The second-order valence-electron chi connectivity index (χ2n) is 10.1. The van der Waals surface area contributed by atoms with E-state index in [1.165, 1.54) is 9.80 Å². The number of rotatable bonds is 8. The second-order valence-corrected chi connectivity index (χ2v) is 10.1.